The fourth-order valence-corrected chi connectivity index (χ4v) is 4.23. The minimum atomic E-state index is -3.93. The van der Waals surface area contributed by atoms with Crippen molar-refractivity contribution in [1.29, 1.82) is 0 Å². The number of aromatic nitrogens is 2. The molecule has 2 rings (SSSR count). The second-order valence-electron chi connectivity index (χ2n) is 7.09. The molecule has 1 unspecified atom stereocenters. The third-order valence-electron chi connectivity index (χ3n) is 4.56. The lowest BCUT2D eigenvalue weighted by Gasteiger charge is -2.19. The number of unbranched alkanes of at least 4 members (excludes halogenated alkanes) is 4. The van der Waals surface area contributed by atoms with E-state index in [1.807, 2.05) is 0 Å². The quantitative estimate of drug-likeness (QED) is 0.337. The van der Waals surface area contributed by atoms with Crippen LogP contribution in [0.4, 0.5) is 0 Å². The van der Waals surface area contributed by atoms with E-state index in [1.54, 1.807) is 17.0 Å². The molecule has 1 amide bonds. The predicted molar refractivity (Wildman–Crippen MR) is 123 cm³/mol. The van der Waals surface area contributed by atoms with Crippen molar-refractivity contribution in [1.82, 2.24) is 19.6 Å². The second-order valence-corrected chi connectivity index (χ2v) is 9.24. The first kappa shape index (κ1) is 27.9. The molecule has 0 saturated heterocycles. The van der Waals surface area contributed by atoms with Crippen LogP contribution in [0.15, 0.2) is 47.9 Å². The average molecular weight is 507 g/mol. The van der Waals surface area contributed by atoms with E-state index in [4.69, 9.17) is 16.7 Å². The highest BCUT2D eigenvalue weighted by Gasteiger charge is 2.26. The molecule has 1 aromatic heterocycles. The molecule has 0 radical (unpaired) electrons. The Morgan fingerprint density at radius 2 is 1.75 bits per heavy atom. The zero-order chi connectivity index (χ0) is 22.7. The molecule has 0 aliphatic carbocycles. The molecular formula is C20H28Cl2N4O5S. The van der Waals surface area contributed by atoms with Gasteiger partial charge in [-0.3, -0.25) is 9.59 Å². The first-order valence-corrected chi connectivity index (χ1v) is 11.9. The van der Waals surface area contributed by atoms with Crippen LogP contribution in [-0.2, 0) is 26.2 Å². The van der Waals surface area contributed by atoms with Crippen molar-refractivity contribution in [2.24, 2.45) is 0 Å². The topological polar surface area (TPSA) is 130 Å². The summed E-state index contributed by atoms with van der Waals surface area (Å²) in [5, 5.41) is 11.8. The molecule has 0 spiro atoms. The van der Waals surface area contributed by atoms with Gasteiger partial charge in [-0.15, -0.1) is 12.4 Å². The summed E-state index contributed by atoms with van der Waals surface area (Å²) in [4.78, 5) is 27.1. The molecule has 12 heteroatoms. The number of halogens is 2. The van der Waals surface area contributed by atoms with Crippen molar-refractivity contribution in [3.05, 3.63) is 48.0 Å². The number of nitrogens with zero attached hydrogens (tertiary/aromatic N) is 2. The fourth-order valence-electron chi connectivity index (χ4n) is 2.91. The molecule has 3 N–H and O–H groups in total. The van der Waals surface area contributed by atoms with Crippen LogP contribution >= 0.6 is 24.0 Å². The van der Waals surface area contributed by atoms with E-state index in [0.29, 0.717) is 18.0 Å². The Morgan fingerprint density at radius 3 is 2.38 bits per heavy atom. The number of hydrogen-bond acceptors (Lipinski definition) is 5. The highest BCUT2D eigenvalue weighted by molar-refractivity contribution is 7.89. The van der Waals surface area contributed by atoms with Crippen molar-refractivity contribution in [2.75, 3.05) is 6.54 Å². The molecule has 1 atom stereocenters. The Labute approximate surface area is 199 Å². The van der Waals surface area contributed by atoms with Crippen LogP contribution in [0.1, 0.15) is 38.5 Å². The third kappa shape index (κ3) is 9.99. The van der Waals surface area contributed by atoms with Gasteiger partial charge < -0.3 is 15.0 Å². The number of benzene rings is 1. The first-order valence-electron chi connectivity index (χ1n) is 10.0. The molecule has 178 valence electrons. The molecular weight excluding hydrogens is 479 g/mol. The lowest BCUT2D eigenvalue weighted by molar-refractivity contribution is -0.137. The van der Waals surface area contributed by atoms with Crippen LogP contribution in [0, 0.1) is 0 Å². The van der Waals surface area contributed by atoms with Crippen LogP contribution in [0.25, 0.3) is 0 Å². The number of nitrogens with one attached hydrogen (secondary N) is 2. The largest absolute Gasteiger partial charge is 0.481 e. The number of amides is 1. The number of carbonyl (C=O) groups is 2. The Morgan fingerprint density at radius 1 is 1.09 bits per heavy atom. The Hall–Kier alpha value is -2.14. The molecule has 0 aliphatic heterocycles. The van der Waals surface area contributed by atoms with Gasteiger partial charge in [0, 0.05) is 36.9 Å². The minimum Gasteiger partial charge on any atom is -0.481 e. The van der Waals surface area contributed by atoms with Gasteiger partial charge in [0.25, 0.3) is 0 Å². The van der Waals surface area contributed by atoms with Crippen molar-refractivity contribution < 1.29 is 23.1 Å². The smallest absolute Gasteiger partial charge is 0.303 e. The molecule has 0 saturated carbocycles. The lowest BCUT2D eigenvalue weighted by atomic mass is 10.1. The molecule has 0 fully saturated rings. The van der Waals surface area contributed by atoms with Crippen molar-refractivity contribution >= 4 is 45.9 Å². The first-order chi connectivity index (χ1) is 14.8. The summed E-state index contributed by atoms with van der Waals surface area (Å²) < 4.78 is 29.5. The van der Waals surface area contributed by atoms with Gasteiger partial charge in [-0.1, -0.05) is 30.9 Å². The van der Waals surface area contributed by atoms with E-state index >= 15 is 0 Å². The Balaban J connectivity index is 0.00000512. The van der Waals surface area contributed by atoms with Gasteiger partial charge in [-0.05, 0) is 37.1 Å². The summed E-state index contributed by atoms with van der Waals surface area (Å²) in [7, 11) is -3.93. The summed E-state index contributed by atoms with van der Waals surface area (Å²) in [6, 6.07) is 4.67. The van der Waals surface area contributed by atoms with Gasteiger partial charge in [0.15, 0.2) is 0 Å². The number of aliphatic carboxylic acids is 1. The zero-order valence-electron chi connectivity index (χ0n) is 17.4. The number of hydrogen-bond donors (Lipinski definition) is 3. The minimum absolute atomic E-state index is 0. The van der Waals surface area contributed by atoms with E-state index in [0.717, 1.165) is 25.7 Å². The van der Waals surface area contributed by atoms with E-state index < -0.39 is 27.9 Å². The molecule has 0 aliphatic rings. The maximum Gasteiger partial charge on any atom is 0.303 e. The molecule has 0 bridgehead atoms. The highest BCUT2D eigenvalue weighted by Crippen LogP contribution is 2.14. The summed E-state index contributed by atoms with van der Waals surface area (Å²) in [6.45, 7) is 0.495. The number of carboxylic acids is 1. The van der Waals surface area contributed by atoms with Gasteiger partial charge >= 0.3 is 5.97 Å². The van der Waals surface area contributed by atoms with E-state index in [-0.39, 0.29) is 30.3 Å². The number of imidazole rings is 1. The van der Waals surface area contributed by atoms with E-state index in [1.165, 1.54) is 30.6 Å². The maximum atomic E-state index is 12.7. The normalized spacial score (nSPS) is 12.0. The number of sulfonamides is 1. The van der Waals surface area contributed by atoms with Crippen molar-refractivity contribution in [3.8, 4) is 0 Å². The summed E-state index contributed by atoms with van der Waals surface area (Å²) in [5.74, 6) is -1.23. The second kappa shape index (κ2) is 14.1. The number of carboxylic acid groups (broad SMARTS) is 1. The molecule has 1 heterocycles. The Bertz CT molecular complexity index is 937. The summed E-state index contributed by atoms with van der Waals surface area (Å²) in [5.41, 5.74) is 0. The highest BCUT2D eigenvalue weighted by atomic mass is 35.5. The standard InChI is InChI=1S/C20H27ClN4O5S.ClH/c21-16-7-9-17(10-8-16)31(29,30)24-18(14-25-13-12-22-15-25)20(28)23-11-5-3-1-2-4-6-19(26)27;/h7-10,12-13,15,18,24H,1-6,11,14H2,(H,23,28)(H,26,27);1H. The van der Waals surface area contributed by atoms with Gasteiger partial charge in [0.05, 0.1) is 11.2 Å². The molecule has 32 heavy (non-hydrogen) atoms. The fraction of sp³-hybridized carbons (Fsp3) is 0.450. The average Bonchev–Trinajstić information content (AvgIpc) is 3.22. The third-order valence-corrected chi connectivity index (χ3v) is 6.30. The van der Waals surface area contributed by atoms with Crippen molar-refractivity contribution in [3.63, 3.8) is 0 Å². The van der Waals surface area contributed by atoms with Crippen molar-refractivity contribution in [2.45, 2.75) is 56.0 Å². The van der Waals surface area contributed by atoms with Gasteiger partial charge in [-0.25, -0.2) is 13.4 Å². The van der Waals surface area contributed by atoms with Crippen LogP contribution in [0.3, 0.4) is 0 Å². The number of carbonyl (C=O) groups excluding carboxylic acids is 1. The predicted octanol–water partition coefficient (Wildman–Crippen LogP) is 2.85. The van der Waals surface area contributed by atoms with Gasteiger partial charge in [0.2, 0.25) is 15.9 Å². The summed E-state index contributed by atoms with van der Waals surface area (Å²) in [6.07, 6.45) is 8.79. The maximum absolute atomic E-state index is 12.7. The molecule has 2 aromatic rings. The Kier molecular flexibility index (Phi) is 12.3. The monoisotopic (exact) mass is 506 g/mol. The summed E-state index contributed by atoms with van der Waals surface area (Å²) >= 11 is 5.82. The SMILES string of the molecule is Cl.O=C(O)CCCCCCCNC(=O)C(Cn1ccnc1)NS(=O)(=O)c1ccc(Cl)cc1. The lowest BCUT2D eigenvalue weighted by Crippen LogP contribution is -2.49. The van der Waals surface area contributed by atoms with Crippen LogP contribution in [0.5, 0.6) is 0 Å². The van der Waals surface area contributed by atoms with Gasteiger partial charge in [-0.2, -0.15) is 4.72 Å². The van der Waals surface area contributed by atoms with Crippen LogP contribution in [0.2, 0.25) is 5.02 Å². The van der Waals surface area contributed by atoms with Gasteiger partial charge in [0.1, 0.15) is 6.04 Å². The molecule has 1 aromatic carbocycles. The van der Waals surface area contributed by atoms with Crippen LogP contribution in [-0.4, -0.2) is 47.5 Å². The van der Waals surface area contributed by atoms with E-state index in [2.05, 4.69) is 15.0 Å². The number of rotatable bonds is 14. The van der Waals surface area contributed by atoms with E-state index in [9.17, 15) is 18.0 Å². The van der Waals surface area contributed by atoms with Crippen LogP contribution < -0.4 is 10.0 Å². The zero-order valence-corrected chi connectivity index (χ0v) is 19.8. The molecule has 9 nitrogen and oxygen atoms in total.